The first-order chi connectivity index (χ1) is 12.2. The van der Waals surface area contributed by atoms with Gasteiger partial charge in [0.05, 0.1) is 0 Å². The van der Waals surface area contributed by atoms with Crippen LogP contribution in [0.4, 0.5) is 16.6 Å². The molecule has 25 heavy (non-hydrogen) atoms. The van der Waals surface area contributed by atoms with E-state index in [9.17, 15) is 4.79 Å². The first kappa shape index (κ1) is 16.0. The number of hydrogen-bond donors (Lipinski definition) is 4. The summed E-state index contributed by atoms with van der Waals surface area (Å²) in [5.74, 6) is 1.44. The number of nitrogens with one attached hydrogen (secondary N) is 3. The second-order valence-electron chi connectivity index (χ2n) is 5.94. The Labute approximate surface area is 148 Å². The monoisotopic (exact) mass is 361 g/mol. The highest BCUT2D eigenvalue weighted by atomic mass is 32.1. The lowest BCUT2D eigenvalue weighted by Gasteiger charge is -2.23. The van der Waals surface area contributed by atoms with Crippen LogP contribution in [0.15, 0.2) is 18.2 Å². The lowest BCUT2D eigenvalue weighted by atomic mass is 10.1. The minimum absolute atomic E-state index is 0.132. The summed E-state index contributed by atoms with van der Waals surface area (Å²) in [6.45, 7) is 2.01. The first-order valence-corrected chi connectivity index (χ1v) is 8.95. The summed E-state index contributed by atoms with van der Waals surface area (Å²) in [7, 11) is 0. The Morgan fingerprint density at radius 1 is 1.36 bits per heavy atom. The number of thiazole rings is 1. The van der Waals surface area contributed by atoms with E-state index in [4.69, 9.17) is 15.2 Å². The molecule has 1 fully saturated rings. The van der Waals surface area contributed by atoms with E-state index in [1.807, 2.05) is 18.2 Å². The third-order valence-electron chi connectivity index (χ3n) is 4.12. The van der Waals surface area contributed by atoms with Crippen molar-refractivity contribution in [3.8, 4) is 11.5 Å². The van der Waals surface area contributed by atoms with Crippen LogP contribution in [0.25, 0.3) is 0 Å². The van der Waals surface area contributed by atoms with Gasteiger partial charge in [-0.3, -0.25) is 4.79 Å². The summed E-state index contributed by atoms with van der Waals surface area (Å²) in [5, 5.41) is 10.00. The van der Waals surface area contributed by atoms with Crippen LogP contribution >= 0.6 is 11.3 Å². The van der Waals surface area contributed by atoms with Gasteiger partial charge < -0.3 is 31.2 Å². The molecule has 2 aliphatic rings. The van der Waals surface area contributed by atoms with Gasteiger partial charge in [0.25, 0.3) is 5.91 Å². The summed E-state index contributed by atoms with van der Waals surface area (Å²) >= 11 is 1.23. The number of nitrogen functional groups attached to an aromatic ring is 1. The van der Waals surface area contributed by atoms with Gasteiger partial charge in [0.15, 0.2) is 16.6 Å². The van der Waals surface area contributed by atoms with Crippen LogP contribution in [0.5, 0.6) is 11.5 Å². The molecule has 0 saturated carbocycles. The highest BCUT2D eigenvalue weighted by molar-refractivity contribution is 7.18. The van der Waals surface area contributed by atoms with E-state index in [0.717, 1.165) is 31.6 Å². The van der Waals surface area contributed by atoms with Gasteiger partial charge in [-0.05, 0) is 31.5 Å². The quantitative estimate of drug-likeness (QED) is 0.656. The van der Waals surface area contributed by atoms with Gasteiger partial charge in [0.2, 0.25) is 6.79 Å². The molecule has 132 valence electrons. The van der Waals surface area contributed by atoms with E-state index in [0.29, 0.717) is 21.5 Å². The van der Waals surface area contributed by atoms with Gasteiger partial charge in [0.1, 0.15) is 10.7 Å². The third-order valence-corrected chi connectivity index (χ3v) is 5.10. The smallest absolute Gasteiger partial charge is 0.265 e. The number of carbonyl (C=O) groups is 1. The van der Waals surface area contributed by atoms with Crippen LogP contribution < -0.4 is 31.2 Å². The van der Waals surface area contributed by atoms with Crippen LogP contribution in [-0.2, 0) is 0 Å². The average Bonchev–Trinajstić information content (AvgIpc) is 3.21. The number of nitrogens with zero attached hydrogens (tertiary/aromatic N) is 1. The van der Waals surface area contributed by atoms with Gasteiger partial charge in [-0.15, -0.1) is 0 Å². The zero-order valence-corrected chi connectivity index (χ0v) is 14.3. The van der Waals surface area contributed by atoms with Crippen LogP contribution in [-0.4, -0.2) is 36.8 Å². The van der Waals surface area contributed by atoms with E-state index in [1.165, 1.54) is 11.3 Å². The summed E-state index contributed by atoms with van der Waals surface area (Å²) in [5.41, 5.74) is 6.72. The first-order valence-electron chi connectivity index (χ1n) is 8.13. The molecule has 2 aliphatic heterocycles. The zero-order valence-electron chi connectivity index (χ0n) is 13.5. The number of anilines is 3. The van der Waals surface area contributed by atoms with Crippen molar-refractivity contribution in [3.05, 3.63) is 23.1 Å². The molecular weight excluding hydrogens is 342 g/mol. The Balaban J connectivity index is 1.45. The molecule has 0 radical (unpaired) electrons. The number of rotatable bonds is 4. The molecule has 3 heterocycles. The maximum absolute atomic E-state index is 12.4. The highest BCUT2D eigenvalue weighted by Gasteiger charge is 2.21. The van der Waals surface area contributed by atoms with Gasteiger partial charge in [0, 0.05) is 24.3 Å². The second kappa shape index (κ2) is 6.77. The van der Waals surface area contributed by atoms with Crippen molar-refractivity contribution in [1.29, 1.82) is 0 Å². The molecule has 0 aliphatic carbocycles. The van der Waals surface area contributed by atoms with Crippen molar-refractivity contribution >= 4 is 33.9 Å². The van der Waals surface area contributed by atoms with Gasteiger partial charge in [-0.25, -0.2) is 4.98 Å². The van der Waals surface area contributed by atoms with Gasteiger partial charge in [-0.1, -0.05) is 11.3 Å². The number of fused-ring (bicyclic) bond motifs is 1. The maximum Gasteiger partial charge on any atom is 0.265 e. The number of aromatic nitrogens is 1. The van der Waals surface area contributed by atoms with Crippen molar-refractivity contribution in [2.24, 2.45) is 0 Å². The Morgan fingerprint density at radius 3 is 3.08 bits per heavy atom. The standard InChI is InChI=1S/C16H19N5O3S/c17-14-13(15(22)19-10-2-1-5-18-7-10)25-16(21-14)20-9-3-4-11-12(6-9)24-8-23-11/h3-4,6,10,18H,1-2,5,7-8,17H2,(H,19,22)(H,20,21)/t10-/m0/s1. The molecule has 5 N–H and O–H groups in total. The third kappa shape index (κ3) is 3.47. The molecule has 8 nitrogen and oxygen atoms in total. The molecule has 0 unspecified atom stereocenters. The van der Waals surface area contributed by atoms with Crippen molar-refractivity contribution in [2.45, 2.75) is 18.9 Å². The fourth-order valence-corrected chi connectivity index (χ4v) is 3.68. The Morgan fingerprint density at radius 2 is 2.24 bits per heavy atom. The number of ether oxygens (including phenoxy) is 2. The topological polar surface area (TPSA) is 111 Å². The van der Waals surface area contributed by atoms with Gasteiger partial charge in [-0.2, -0.15) is 0 Å². The lowest BCUT2D eigenvalue weighted by Crippen LogP contribution is -2.45. The molecule has 1 atom stereocenters. The van der Waals surface area contributed by atoms with Crippen molar-refractivity contribution in [1.82, 2.24) is 15.6 Å². The van der Waals surface area contributed by atoms with E-state index in [1.54, 1.807) is 0 Å². The Hall–Kier alpha value is -2.52. The molecule has 4 rings (SSSR count). The largest absolute Gasteiger partial charge is 0.454 e. The highest BCUT2D eigenvalue weighted by Crippen LogP contribution is 2.36. The minimum atomic E-state index is -0.178. The molecule has 1 aromatic carbocycles. The van der Waals surface area contributed by atoms with Crippen LogP contribution in [0.1, 0.15) is 22.5 Å². The normalized spacial score (nSPS) is 18.8. The molecule has 1 amide bonds. The van der Waals surface area contributed by atoms with Crippen molar-refractivity contribution in [3.63, 3.8) is 0 Å². The van der Waals surface area contributed by atoms with Crippen molar-refractivity contribution < 1.29 is 14.3 Å². The zero-order chi connectivity index (χ0) is 17.2. The van der Waals surface area contributed by atoms with Crippen LogP contribution in [0.3, 0.4) is 0 Å². The predicted octanol–water partition coefficient (Wildman–Crippen LogP) is 1.68. The second-order valence-corrected chi connectivity index (χ2v) is 6.94. The average molecular weight is 361 g/mol. The van der Waals surface area contributed by atoms with E-state index in [-0.39, 0.29) is 24.6 Å². The summed E-state index contributed by atoms with van der Waals surface area (Å²) < 4.78 is 10.6. The van der Waals surface area contributed by atoms with E-state index in [2.05, 4.69) is 20.9 Å². The predicted molar refractivity (Wildman–Crippen MR) is 95.7 cm³/mol. The SMILES string of the molecule is Nc1nc(Nc2ccc3c(c2)OCO3)sc1C(=O)N[C@H]1CCCNC1. The molecular formula is C16H19N5O3S. The molecule has 0 bridgehead atoms. The maximum atomic E-state index is 12.4. The molecule has 0 spiro atoms. The molecule has 9 heteroatoms. The fraction of sp³-hybridized carbons (Fsp3) is 0.375. The number of hydrogen-bond acceptors (Lipinski definition) is 8. The molecule has 1 saturated heterocycles. The summed E-state index contributed by atoms with van der Waals surface area (Å²) in [4.78, 5) is 17.1. The van der Waals surface area contributed by atoms with E-state index >= 15 is 0 Å². The number of piperidine rings is 1. The van der Waals surface area contributed by atoms with E-state index < -0.39 is 0 Å². The van der Waals surface area contributed by atoms with Crippen LogP contribution in [0.2, 0.25) is 0 Å². The molecule has 1 aromatic heterocycles. The summed E-state index contributed by atoms with van der Waals surface area (Å²) in [6.07, 6.45) is 2.03. The number of amides is 1. The Kier molecular flexibility index (Phi) is 4.33. The number of carbonyl (C=O) groups excluding carboxylic acids is 1. The fourth-order valence-electron chi connectivity index (χ4n) is 2.87. The van der Waals surface area contributed by atoms with Crippen molar-refractivity contribution in [2.75, 3.05) is 30.9 Å². The van der Waals surface area contributed by atoms with Gasteiger partial charge >= 0.3 is 0 Å². The Bertz CT molecular complexity index is 788. The number of benzene rings is 1. The summed E-state index contributed by atoms with van der Waals surface area (Å²) in [6, 6.07) is 5.64. The van der Waals surface area contributed by atoms with Crippen LogP contribution in [0, 0.1) is 0 Å². The number of nitrogens with two attached hydrogens (primary N) is 1. The molecule has 2 aromatic rings. The lowest BCUT2D eigenvalue weighted by molar-refractivity contribution is 0.0935. The minimum Gasteiger partial charge on any atom is -0.454 e.